The Morgan fingerprint density at radius 1 is 1.50 bits per heavy atom. The summed E-state index contributed by atoms with van der Waals surface area (Å²) in [6.45, 7) is 1.76. The molecule has 0 saturated heterocycles. The number of nitrogen functional groups attached to an aromatic ring is 1. The molecule has 1 aromatic carbocycles. The summed E-state index contributed by atoms with van der Waals surface area (Å²) >= 11 is 0. The molecule has 5 heteroatoms. The van der Waals surface area contributed by atoms with E-state index in [1.807, 2.05) is 0 Å². The fourth-order valence-electron chi connectivity index (χ4n) is 1.60. The zero-order valence-electron chi connectivity index (χ0n) is 8.49. The van der Waals surface area contributed by atoms with Crippen molar-refractivity contribution < 1.29 is 14.3 Å². The molecule has 0 aliphatic carbocycles. The average Bonchev–Trinajstić information content (AvgIpc) is 2.23. The summed E-state index contributed by atoms with van der Waals surface area (Å²) < 4.78 is 13.6. The fourth-order valence-corrected chi connectivity index (χ4v) is 1.60. The molecule has 3 N–H and O–H groups in total. The Balaban J connectivity index is 2.94. The number of hydrogen-bond acceptors (Lipinski definition) is 3. The van der Waals surface area contributed by atoms with Crippen LogP contribution >= 0.6 is 0 Å². The van der Waals surface area contributed by atoms with Crippen molar-refractivity contribution >= 4 is 22.6 Å². The Morgan fingerprint density at radius 2 is 2.19 bits per heavy atom. The van der Waals surface area contributed by atoms with Crippen molar-refractivity contribution in [1.29, 1.82) is 0 Å². The van der Waals surface area contributed by atoms with Crippen molar-refractivity contribution in [3.05, 3.63) is 35.3 Å². The highest BCUT2D eigenvalue weighted by molar-refractivity contribution is 6.04. The average molecular weight is 220 g/mol. The Kier molecular flexibility index (Phi) is 2.23. The first kappa shape index (κ1) is 10.4. The molecular formula is C11H9FN2O2. The van der Waals surface area contributed by atoms with E-state index in [1.54, 1.807) is 13.0 Å². The predicted octanol–water partition coefficient (Wildman–Crippen LogP) is 1.96. The summed E-state index contributed by atoms with van der Waals surface area (Å²) in [6.07, 6.45) is 1.15. The van der Waals surface area contributed by atoms with E-state index in [2.05, 4.69) is 4.98 Å². The third-order valence-corrected chi connectivity index (χ3v) is 2.44. The van der Waals surface area contributed by atoms with Gasteiger partial charge >= 0.3 is 5.97 Å². The van der Waals surface area contributed by atoms with Gasteiger partial charge in [0.2, 0.25) is 0 Å². The van der Waals surface area contributed by atoms with E-state index < -0.39 is 11.8 Å². The number of aromatic carboxylic acids is 1. The number of hydrogen-bond donors (Lipinski definition) is 2. The van der Waals surface area contributed by atoms with Gasteiger partial charge in [-0.1, -0.05) is 6.07 Å². The van der Waals surface area contributed by atoms with Crippen LogP contribution in [-0.4, -0.2) is 16.1 Å². The number of fused-ring (bicyclic) bond motifs is 1. The second kappa shape index (κ2) is 3.44. The molecule has 0 bridgehead atoms. The number of carboxylic acid groups (broad SMARTS) is 1. The summed E-state index contributed by atoms with van der Waals surface area (Å²) in [6, 6.07) is 2.83. The Bertz CT molecular complexity index is 596. The van der Waals surface area contributed by atoms with Gasteiger partial charge in [-0.15, -0.1) is 0 Å². The third-order valence-electron chi connectivity index (χ3n) is 2.44. The van der Waals surface area contributed by atoms with Gasteiger partial charge in [-0.2, -0.15) is 0 Å². The monoisotopic (exact) mass is 220 g/mol. The summed E-state index contributed by atoms with van der Waals surface area (Å²) in [7, 11) is 0. The summed E-state index contributed by atoms with van der Waals surface area (Å²) in [5, 5.41) is 8.91. The van der Waals surface area contributed by atoms with Crippen molar-refractivity contribution in [2.45, 2.75) is 6.92 Å². The maximum atomic E-state index is 13.6. The number of halogens is 1. The highest BCUT2D eigenvalue weighted by Crippen LogP contribution is 2.27. The lowest BCUT2D eigenvalue weighted by Gasteiger charge is -2.07. The molecule has 0 fully saturated rings. The minimum Gasteiger partial charge on any atom is -0.478 e. The molecule has 2 rings (SSSR count). The van der Waals surface area contributed by atoms with Crippen LogP contribution in [0.1, 0.15) is 15.9 Å². The number of nitrogens with zero attached hydrogens (tertiary/aromatic N) is 1. The van der Waals surface area contributed by atoms with Gasteiger partial charge in [0.05, 0.1) is 16.6 Å². The van der Waals surface area contributed by atoms with Gasteiger partial charge in [0.25, 0.3) is 0 Å². The molecule has 4 nitrogen and oxygen atoms in total. The van der Waals surface area contributed by atoms with E-state index in [4.69, 9.17) is 10.8 Å². The number of nitrogens with two attached hydrogens (primary N) is 1. The molecular weight excluding hydrogens is 211 g/mol. The second-order valence-electron chi connectivity index (χ2n) is 3.48. The molecule has 0 spiro atoms. The molecule has 0 atom stereocenters. The van der Waals surface area contributed by atoms with E-state index in [0.29, 0.717) is 5.52 Å². The molecule has 0 unspecified atom stereocenters. The number of carboxylic acids is 1. The highest BCUT2D eigenvalue weighted by Gasteiger charge is 2.15. The van der Waals surface area contributed by atoms with Crippen molar-refractivity contribution in [3.8, 4) is 0 Å². The van der Waals surface area contributed by atoms with Crippen molar-refractivity contribution in [2.75, 3.05) is 5.73 Å². The van der Waals surface area contributed by atoms with Crippen LogP contribution in [0.2, 0.25) is 0 Å². The SMILES string of the molecule is Cc1ccc(F)c2c(N)c(C(=O)O)cnc12. The lowest BCUT2D eigenvalue weighted by Crippen LogP contribution is -2.05. The Morgan fingerprint density at radius 3 is 2.81 bits per heavy atom. The molecule has 0 amide bonds. The van der Waals surface area contributed by atoms with E-state index in [-0.39, 0.29) is 16.6 Å². The lowest BCUT2D eigenvalue weighted by atomic mass is 10.1. The van der Waals surface area contributed by atoms with Gasteiger partial charge in [0.1, 0.15) is 11.4 Å². The quantitative estimate of drug-likeness (QED) is 0.770. The van der Waals surface area contributed by atoms with E-state index in [1.165, 1.54) is 6.07 Å². The van der Waals surface area contributed by atoms with Crippen LogP contribution in [0, 0.1) is 12.7 Å². The van der Waals surface area contributed by atoms with Crippen LogP contribution in [0.25, 0.3) is 10.9 Å². The number of benzene rings is 1. The molecule has 0 aliphatic heterocycles. The number of aryl methyl sites for hydroxylation is 1. The van der Waals surface area contributed by atoms with E-state index in [9.17, 15) is 9.18 Å². The van der Waals surface area contributed by atoms with Crippen LogP contribution in [0.3, 0.4) is 0 Å². The van der Waals surface area contributed by atoms with Gasteiger partial charge < -0.3 is 10.8 Å². The van der Waals surface area contributed by atoms with E-state index >= 15 is 0 Å². The number of anilines is 1. The number of rotatable bonds is 1. The summed E-state index contributed by atoms with van der Waals surface area (Å²) in [5.74, 6) is -1.78. The van der Waals surface area contributed by atoms with Crippen LogP contribution in [0.5, 0.6) is 0 Å². The molecule has 0 radical (unpaired) electrons. The second-order valence-corrected chi connectivity index (χ2v) is 3.48. The first-order chi connectivity index (χ1) is 7.52. The molecule has 1 heterocycles. The molecule has 82 valence electrons. The maximum absolute atomic E-state index is 13.6. The van der Waals surface area contributed by atoms with Gasteiger partial charge in [-0.3, -0.25) is 4.98 Å². The molecule has 1 aromatic heterocycles. The van der Waals surface area contributed by atoms with Crippen LogP contribution in [-0.2, 0) is 0 Å². The van der Waals surface area contributed by atoms with Crippen LogP contribution in [0.15, 0.2) is 18.3 Å². The molecule has 0 aliphatic rings. The number of carbonyl (C=O) groups is 1. The summed E-state index contributed by atoms with van der Waals surface area (Å²) in [5.41, 5.74) is 6.50. The first-order valence-electron chi connectivity index (χ1n) is 4.59. The lowest BCUT2D eigenvalue weighted by molar-refractivity contribution is 0.0698. The fraction of sp³-hybridized carbons (Fsp3) is 0.0909. The first-order valence-corrected chi connectivity index (χ1v) is 4.59. The largest absolute Gasteiger partial charge is 0.478 e. The van der Waals surface area contributed by atoms with Crippen molar-refractivity contribution in [2.24, 2.45) is 0 Å². The van der Waals surface area contributed by atoms with Gasteiger partial charge in [0.15, 0.2) is 0 Å². The zero-order valence-corrected chi connectivity index (χ0v) is 8.49. The van der Waals surface area contributed by atoms with Gasteiger partial charge in [-0.05, 0) is 18.6 Å². The minimum absolute atomic E-state index is 0.0694. The molecule has 16 heavy (non-hydrogen) atoms. The van der Waals surface area contributed by atoms with Crippen LogP contribution in [0.4, 0.5) is 10.1 Å². The Hall–Kier alpha value is -2.17. The van der Waals surface area contributed by atoms with E-state index in [0.717, 1.165) is 11.8 Å². The van der Waals surface area contributed by atoms with Crippen LogP contribution < -0.4 is 5.73 Å². The zero-order chi connectivity index (χ0) is 11.9. The van der Waals surface area contributed by atoms with Gasteiger partial charge in [0, 0.05) is 6.20 Å². The minimum atomic E-state index is -1.21. The third kappa shape index (κ3) is 1.37. The number of aromatic nitrogens is 1. The normalized spacial score (nSPS) is 10.6. The maximum Gasteiger partial charge on any atom is 0.339 e. The molecule has 0 saturated carbocycles. The predicted molar refractivity (Wildman–Crippen MR) is 57.8 cm³/mol. The van der Waals surface area contributed by atoms with Gasteiger partial charge in [-0.25, -0.2) is 9.18 Å². The highest BCUT2D eigenvalue weighted by atomic mass is 19.1. The topological polar surface area (TPSA) is 76.2 Å². The smallest absolute Gasteiger partial charge is 0.339 e. The van der Waals surface area contributed by atoms with Crippen molar-refractivity contribution in [3.63, 3.8) is 0 Å². The Labute approximate surface area is 90.5 Å². The van der Waals surface area contributed by atoms with Crippen molar-refractivity contribution in [1.82, 2.24) is 4.98 Å². The standard InChI is InChI=1S/C11H9FN2O2/c1-5-2-3-7(12)8-9(13)6(11(15)16)4-14-10(5)8/h2-4H,1H3,(H2,13,14)(H,15,16). The summed E-state index contributed by atoms with van der Waals surface area (Å²) in [4.78, 5) is 14.7. The molecule has 2 aromatic rings. The number of pyridine rings is 1.